The number of benzene rings is 1. The van der Waals surface area contributed by atoms with Gasteiger partial charge in [-0.3, -0.25) is 9.89 Å². The second-order valence-corrected chi connectivity index (χ2v) is 6.38. The molecule has 0 aromatic heterocycles. The molecule has 1 atom stereocenters. The fourth-order valence-corrected chi connectivity index (χ4v) is 2.03. The van der Waals surface area contributed by atoms with Gasteiger partial charge in [-0.2, -0.15) is 0 Å². The Balaban J connectivity index is 1.81. The molecule has 2 rings (SSSR count). The summed E-state index contributed by atoms with van der Waals surface area (Å²) in [6, 6.07) is 6.49. The number of nitrogens with zero attached hydrogens (tertiary/aromatic N) is 2. The Bertz CT molecular complexity index is 619. The van der Waals surface area contributed by atoms with Crippen molar-refractivity contribution < 1.29 is 23.8 Å². The first-order valence-corrected chi connectivity index (χ1v) is 7.62. The van der Waals surface area contributed by atoms with Crippen molar-refractivity contribution in [2.45, 2.75) is 32.4 Å². The molecule has 0 spiro atoms. The summed E-state index contributed by atoms with van der Waals surface area (Å²) in [7, 11) is 1.33. The first-order chi connectivity index (χ1) is 11.3. The standard InChI is InChI=1S/C17H22N2O5/c1-17(2,3)24-16(21)19-9-13(18-11-19)10-23-14-7-5-12(6-8-14)15(20)22-4/h5-8,11,13H,9-10H2,1-4H3. The molecule has 0 saturated heterocycles. The largest absolute Gasteiger partial charge is 0.491 e. The summed E-state index contributed by atoms with van der Waals surface area (Å²) in [5, 5.41) is 0. The summed E-state index contributed by atoms with van der Waals surface area (Å²) in [6.07, 6.45) is 1.05. The lowest BCUT2D eigenvalue weighted by Crippen LogP contribution is -2.37. The smallest absolute Gasteiger partial charge is 0.415 e. The van der Waals surface area contributed by atoms with Gasteiger partial charge in [0.15, 0.2) is 0 Å². The molecule has 0 radical (unpaired) electrons. The summed E-state index contributed by atoms with van der Waals surface area (Å²) in [6.45, 7) is 6.19. The highest BCUT2D eigenvalue weighted by Gasteiger charge is 2.27. The molecule has 1 unspecified atom stereocenters. The third-order valence-corrected chi connectivity index (χ3v) is 3.17. The van der Waals surface area contributed by atoms with Crippen LogP contribution < -0.4 is 4.74 Å². The molecule has 1 aromatic carbocycles. The number of hydrogen-bond donors (Lipinski definition) is 0. The molecule has 130 valence electrons. The van der Waals surface area contributed by atoms with Crippen molar-refractivity contribution in [3.05, 3.63) is 29.8 Å². The first kappa shape index (κ1) is 17.8. The van der Waals surface area contributed by atoms with Gasteiger partial charge in [0.1, 0.15) is 24.0 Å². The molecule has 0 fully saturated rings. The lowest BCUT2D eigenvalue weighted by molar-refractivity contribution is 0.0379. The molecule has 1 aromatic rings. The van der Waals surface area contributed by atoms with Crippen LogP contribution in [0.3, 0.4) is 0 Å². The van der Waals surface area contributed by atoms with E-state index in [4.69, 9.17) is 9.47 Å². The molecular formula is C17H22N2O5. The van der Waals surface area contributed by atoms with Crippen molar-refractivity contribution >= 4 is 18.4 Å². The number of carbonyl (C=O) groups is 2. The van der Waals surface area contributed by atoms with E-state index < -0.39 is 17.7 Å². The molecule has 0 saturated carbocycles. The fourth-order valence-electron chi connectivity index (χ4n) is 2.03. The van der Waals surface area contributed by atoms with Crippen molar-refractivity contribution in [2.75, 3.05) is 20.3 Å². The Morgan fingerprint density at radius 1 is 1.25 bits per heavy atom. The molecule has 24 heavy (non-hydrogen) atoms. The number of aliphatic imine (C=N–C) groups is 1. The minimum absolute atomic E-state index is 0.155. The van der Waals surface area contributed by atoms with E-state index >= 15 is 0 Å². The zero-order valence-electron chi connectivity index (χ0n) is 14.3. The Labute approximate surface area is 141 Å². The second-order valence-electron chi connectivity index (χ2n) is 6.38. The Morgan fingerprint density at radius 2 is 1.92 bits per heavy atom. The van der Waals surface area contributed by atoms with Crippen LogP contribution in [0.25, 0.3) is 0 Å². The molecular weight excluding hydrogens is 312 g/mol. The Hall–Kier alpha value is -2.57. The van der Waals surface area contributed by atoms with Crippen LogP contribution in [0.15, 0.2) is 29.3 Å². The summed E-state index contributed by atoms with van der Waals surface area (Å²) < 4.78 is 15.6. The number of rotatable bonds is 4. The topological polar surface area (TPSA) is 77.4 Å². The van der Waals surface area contributed by atoms with E-state index in [1.165, 1.54) is 18.3 Å². The quantitative estimate of drug-likeness (QED) is 0.791. The van der Waals surface area contributed by atoms with Crippen LogP contribution in [0.4, 0.5) is 4.79 Å². The maximum atomic E-state index is 11.9. The Kier molecular flexibility index (Phi) is 5.43. The summed E-state index contributed by atoms with van der Waals surface area (Å²) in [5.41, 5.74) is -0.0826. The number of hydrogen-bond acceptors (Lipinski definition) is 6. The number of carbonyl (C=O) groups excluding carboxylic acids is 2. The van der Waals surface area contributed by atoms with Crippen LogP contribution in [-0.2, 0) is 9.47 Å². The average molecular weight is 334 g/mol. The zero-order chi connectivity index (χ0) is 17.7. The number of esters is 1. The van der Waals surface area contributed by atoms with E-state index in [2.05, 4.69) is 9.73 Å². The van der Waals surface area contributed by atoms with Crippen molar-refractivity contribution in [1.82, 2.24) is 4.90 Å². The highest BCUT2D eigenvalue weighted by atomic mass is 16.6. The predicted octanol–water partition coefficient (Wildman–Crippen LogP) is 2.50. The summed E-state index contributed by atoms with van der Waals surface area (Å²) >= 11 is 0. The normalized spacial score (nSPS) is 16.8. The minimum atomic E-state index is -0.541. The molecule has 1 aliphatic rings. The van der Waals surface area contributed by atoms with Gasteiger partial charge >= 0.3 is 12.1 Å². The third-order valence-electron chi connectivity index (χ3n) is 3.17. The molecule has 7 heteroatoms. The number of methoxy groups -OCH3 is 1. The van der Waals surface area contributed by atoms with E-state index in [0.29, 0.717) is 24.5 Å². The molecule has 0 bridgehead atoms. The van der Waals surface area contributed by atoms with Crippen LogP contribution in [0.5, 0.6) is 5.75 Å². The van der Waals surface area contributed by atoms with Crippen LogP contribution >= 0.6 is 0 Å². The highest BCUT2D eigenvalue weighted by Crippen LogP contribution is 2.16. The second kappa shape index (κ2) is 7.33. The molecule has 0 aliphatic carbocycles. The Morgan fingerprint density at radius 3 is 2.50 bits per heavy atom. The van der Waals surface area contributed by atoms with Crippen LogP contribution in [0.1, 0.15) is 31.1 Å². The average Bonchev–Trinajstić information content (AvgIpc) is 3.00. The van der Waals surface area contributed by atoms with Crippen molar-refractivity contribution in [3.8, 4) is 5.75 Å². The number of ether oxygens (including phenoxy) is 3. The maximum Gasteiger partial charge on any atom is 0.415 e. The van der Waals surface area contributed by atoms with Gasteiger partial charge in [-0.15, -0.1) is 0 Å². The SMILES string of the molecule is COC(=O)c1ccc(OCC2CN(C(=O)OC(C)(C)C)C=N2)cc1. The van der Waals surface area contributed by atoms with Gasteiger partial charge in [-0.1, -0.05) is 0 Å². The van der Waals surface area contributed by atoms with E-state index in [1.54, 1.807) is 24.3 Å². The van der Waals surface area contributed by atoms with Gasteiger partial charge in [-0.05, 0) is 45.0 Å². The fraction of sp³-hybridized carbons (Fsp3) is 0.471. The van der Waals surface area contributed by atoms with E-state index in [0.717, 1.165) is 0 Å². The first-order valence-electron chi connectivity index (χ1n) is 7.62. The monoisotopic (exact) mass is 334 g/mol. The van der Waals surface area contributed by atoms with Crippen molar-refractivity contribution in [3.63, 3.8) is 0 Å². The summed E-state index contributed by atoms with van der Waals surface area (Å²) in [4.78, 5) is 29.0. The number of amides is 1. The van der Waals surface area contributed by atoms with Gasteiger partial charge in [0.05, 0.1) is 25.6 Å². The molecule has 1 amide bonds. The maximum absolute atomic E-state index is 11.9. The van der Waals surface area contributed by atoms with Gasteiger partial charge in [0.25, 0.3) is 0 Å². The van der Waals surface area contributed by atoms with Crippen LogP contribution in [0, 0.1) is 0 Å². The van der Waals surface area contributed by atoms with Crippen molar-refractivity contribution in [1.29, 1.82) is 0 Å². The van der Waals surface area contributed by atoms with Gasteiger partial charge < -0.3 is 14.2 Å². The lowest BCUT2D eigenvalue weighted by Gasteiger charge is -2.23. The zero-order valence-corrected chi connectivity index (χ0v) is 14.3. The van der Waals surface area contributed by atoms with E-state index in [9.17, 15) is 9.59 Å². The van der Waals surface area contributed by atoms with Crippen molar-refractivity contribution in [2.24, 2.45) is 4.99 Å². The van der Waals surface area contributed by atoms with E-state index in [-0.39, 0.29) is 6.04 Å². The molecule has 0 N–H and O–H groups in total. The minimum Gasteiger partial charge on any atom is -0.491 e. The third kappa shape index (κ3) is 4.97. The predicted molar refractivity (Wildman–Crippen MR) is 88.5 cm³/mol. The van der Waals surface area contributed by atoms with Gasteiger partial charge in [0, 0.05) is 0 Å². The van der Waals surface area contributed by atoms with E-state index in [1.807, 2.05) is 20.8 Å². The highest BCUT2D eigenvalue weighted by molar-refractivity contribution is 5.89. The summed E-state index contributed by atoms with van der Waals surface area (Å²) in [5.74, 6) is 0.225. The lowest BCUT2D eigenvalue weighted by atomic mass is 10.2. The molecule has 7 nitrogen and oxygen atoms in total. The van der Waals surface area contributed by atoms with Crippen LogP contribution in [-0.4, -0.2) is 55.2 Å². The molecule has 1 aliphatic heterocycles. The molecule has 1 heterocycles. The van der Waals surface area contributed by atoms with Gasteiger partial charge in [0.2, 0.25) is 0 Å². The van der Waals surface area contributed by atoms with Gasteiger partial charge in [-0.25, -0.2) is 9.59 Å². The van der Waals surface area contributed by atoms with Crippen LogP contribution in [0.2, 0.25) is 0 Å².